The van der Waals surface area contributed by atoms with Crippen molar-refractivity contribution in [3.05, 3.63) is 24.3 Å². The molecule has 0 N–H and O–H groups in total. The van der Waals surface area contributed by atoms with Crippen LogP contribution in [0.4, 0.5) is 0 Å². The number of esters is 3. The SMILES string of the molecule is CCCCCCC/C=C\CCCCCCCC(=O)OC(COC(=O)CCCCCCCCCCCCCCCC)COC(=O)CCCCCCCCCCCCCCCCCCC/C=C\CCCCCCCCCC. The molecule has 0 aromatic rings. The molecule has 0 spiro atoms. The van der Waals surface area contributed by atoms with Crippen LogP contribution < -0.4 is 0 Å². The Balaban J connectivity index is 4.14. The fourth-order valence-electron chi connectivity index (χ4n) is 10.3. The normalized spacial score (nSPS) is 12.1. The molecular formula is C69H130O6. The lowest BCUT2D eigenvalue weighted by molar-refractivity contribution is -0.167. The first-order valence-corrected chi connectivity index (χ1v) is 33.8. The summed E-state index contributed by atoms with van der Waals surface area (Å²) in [6, 6.07) is 0. The van der Waals surface area contributed by atoms with Crippen LogP contribution in [0.5, 0.6) is 0 Å². The number of hydrogen-bond acceptors (Lipinski definition) is 6. The van der Waals surface area contributed by atoms with E-state index in [9.17, 15) is 14.4 Å². The first kappa shape index (κ1) is 72.9. The van der Waals surface area contributed by atoms with E-state index in [4.69, 9.17) is 14.2 Å². The molecule has 0 aliphatic heterocycles. The number of hydrogen-bond donors (Lipinski definition) is 0. The number of ether oxygens (including phenoxy) is 3. The average Bonchev–Trinajstić information content (AvgIpc) is 3.41. The van der Waals surface area contributed by atoms with E-state index in [1.807, 2.05) is 0 Å². The van der Waals surface area contributed by atoms with Gasteiger partial charge in [0.1, 0.15) is 13.2 Å². The zero-order valence-electron chi connectivity index (χ0n) is 50.8. The highest BCUT2D eigenvalue weighted by Crippen LogP contribution is 2.18. The van der Waals surface area contributed by atoms with Gasteiger partial charge in [-0.1, -0.05) is 315 Å². The zero-order valence-corrected chi connectivity index (χ0v) is 50.8. The molecule has 1 unspecified atom stereocenters. The molecule has 0 bridgehead atoms. The Labute approximate surface area is 468 Å². The van der Waals surface area contributed by atoms with E-state index in [2.05, 4.69) is 45.1 Å². The summed E-state index contributed by atoms with van der Waals surface area (Å²) in [6.07, 6.45) is 77.8. The molecule has 0 radical (unpaired) electrons. The Morgan fingerprint density at radius 2 is 0.440 bits per heavy atom. The van der Waals surface area contributed by atoms with E-state index in [1.165, 1.54) is 276 Å². The minimum atomic E-state index is -0.771. The van der Waals surface area contributed by atoms with Gasteiger partial charge in [0.25, 0.3) is 0 Å². The molecule has 0 aliphatic carbocycles. The van der Waals surface area contributed by atoms with E-state index in [1.54, 1.807) is 0 Å². The van der Waals surface area contributed by atoms with Crippen LogP contribution in [0.15, 0.2) is 24.3 Å². The molecule has 1 atom stereocenters. The van der Waals surface area contributed by atoms with E-state index >= 15 is 0 Å². The lowest BCUT2D eigenvalue weighted by Gasteiger charge is -2.18. The Hall–Kier alpha value is -2.11. The molecule has 0 saturated heterocycles. The van der Waals surface area contributed by atoms with Crippen molar-refractivity contribution in [1.29, 1.82) is 0 Å². The van der Waals surface area contributed by atoms with Crippen LogP contribution in [0.2, 0.25) is 0 Å². The summed E-state index contributed by atoms with van der Waals surface area (Å²) >= 11 is 0. The number of allylic oxidation sites excluding steroid dienone is 4. The lowest BCUT2D eigenvalue weighted by Crippen LogP contribution is -2.30. The minimum Gasteiger partial charge on any atom is -0.462 e. The summed E-state index contributed by atoms with van der Waals surface area (Å²) in [7, 11) is 0. The standard InChI is InChI=1S/C69H130O6/c1-4-7-10-13-16-19-22-25-28-29-30-31-32-33-34-35-36-37-38-39-40-41-42-45-47-50-53-56-59-62-68(71)74-65-66(75-69(72)63-60-57-54-51-48-44-27-24-21-18-15-12-9-6-3)64-73-67(70)61-58-55-52-49-46-43-26-23-20-17-14-11-8-5-2/h24,27,29-30,66H,4-23,25-26,28,31-65H2,1-3H3/b27-24-,30-29-. The van der Waals surface area contributed by atoms with Crippen molar-refractivity contribution in [3.8, 4) is 0 Å². The smallest absolute Gasteiger partial charge is 0.306 e. The van der Waals surface area contributed by atoms with Gasteiger partial charge in [0, 0.05) is 19.3 Å². The van der Waals surface area contributed by atoms with Crippen LogP contribution in [0.1, 0.15) is 380 Å². The second kappa shape index (κ2) is 64.4. The van der Waals surface area contributed by atoms with Crippen molar-refractivity contribution in [1.82, 2.24) is 0 Å². The van der Waals surface area contributed by atoms with Crippen LogP contribution in [0.3, 0.4) is 0 Å². The Morgan fingerprint density at radius 1 is 0.253 bits per heavy atom. The Bertz CT molecular complexity index is 1210. The molecule has 442 valence electrons. The van der Waals surface area contributed by atoms with Gasteiger partial charge >= 0.3 is 17.9 Å². The number of rotatable bonds is 63. The van der Waals surface area contributed by atoms with Crippen molar-refractivity contribution in [2.75, 3.05) is 13.2 Å². The average molecular weight is 1060 g/mol. The summed E-state index contributed by atoms with van der Waals surface area (Å²) in [5.74, 6) is -0.850. The van der Waals surface area contributed by atoms with E-state index < -0.39 is 6.10 Å². The van der Waals surface area contributed by atoms with Crippen LogP contribution in [-0.4, -0.2) is 37.2 Å². The maximum absolute atomic E-state index is 12.9. The second-order valence-electron chi connectivity index (χ2n) is 23.1. The molecule has 6 nitrogen and oxygen atoms in total. The van der Waals surface area contributed by atoms with Gasteiger partial charge in [-0.15, -0.1) is 0 Å². The maximum atomic E-state index is 12.9. The van der Waals surface area contributed by atoms with Gasteiger partial charge < -0.3 is 14.2 Å². The van der Waals surface area contributed by atoms with Gasteiger partial charge in [0.15, 0.2) is 6.10 Å². The molecule has 0 aromatic carbocycles. The molecule has 6 heteroatoms. The summed E-state index contributed by atoms with van der Waals surface area (Å²) in [4.78, 5) is 38.3. The molecule has 0 amide bonds. The minimum absolute atomic E-state index is 0.0687. The van der Waals surface area contributed by atoms with Crippen LogP contribution in [0.25, 0.3) is 0 Å². The van der Waals surface area contributed by atoms with Crippen molar-refractivity contribution in [3.63, 3.8) is 0 Å². The summed E-state index contributed by atoms with van der Waals surface area (Å²) in [6.45, 7) is 6.69. The maximum Gasteiger partial charge on any atom is 0.306 e. The van der Waals surface area contributed by atoms with E-state index in [0.29, 0.717) is 19.3 Å². The van der Waals surface area contributed by atoms with Gasteiger partial charge in [-0.2, -0.15) is 0 Å². The zero-order chi connectivity index (χ0) is 54.3. The molecule has 0 rings (SSSR count). The van der Waals surface area contributed by atoms with E-state index in [0.717, 1.165) is 64.2 Å². The summed E-state index contributed by atoms with van der Waals surface area (Å²) in [5, 5.41) is 0. The number of carbonyl (C=O) groups excluding carboxylic acids is 3. The van der Waals surface area contributed by atoms with Crippen LogP contribution >= 0.6 is 0 Å². The lowest BCUT2D eigenvalue weighted by atomic mass is 10.0. The molecule has 0 aliphatic rings. The van der Waals surface area contributed by atoms with Gasteiger partial charge in [0.2, 0.25) is 0 Å². The van der Waals surface area contributed by atoms with Crippen molar-refractivity contribution in [2.45, 2.75) is 386 Å². The Morgan fingerprint density at radius 3 is 0.667 bits per heavy atom. The van der Waals surface area contributed by atoms with Gasteiger partial charge in [-0.05, 0) is 70.6 Å². The summed E-state index contributed by atoms with van der Waals surface area (Å²) < 4.78 is 16.9. The van der Waals surface area contributed by atoms with E-state index in [-0.39, 0.29) is 31.1 Å². The molecule has 0 aromatic heterocycles. The topological polar surface area (TPSA) is 78.9 Å². The van der Waals surface area contributed by atoms with Crippen LogP contribution in [0, 0.1) is 0 Å². The van der Waals surface area contributed by atoms with Crippen molar-refractivity contribution >= 4 is 17.9 Å². The highest BCUT2D eigenvalue weighted by atomic mass is 16.6. The number of carbonyl (C=O) groups is 3. The molecule has 75 heavy (non-hydrogen) atoms. The van der Waals surface area contributed by atoms with Crippen molar-refractivity contribution in [2.24, 2.45) is 0 Å². The summed E-state index contributed by atoms with van der Waals surface area (Å²) in [5.41, 5.74) is 0. The first-order chi connectivity index (χ1) is 37.0. The van der Waals surface area contributed by atoms with Crippen LogP contribution in [-0.2, 0) is 28.6 Å². The van der Waals surface area contributed by atoms with Crippen molar-refractivity contribution < 1.29 is 28.6 Å². The highest BCUT2D eigenvalue weighted by molar-refractivity contribution is 5.71. The van der Waals surface area contributed by atoms with Gasteiger partial charge in [-0.3, -0.25) is 14.4 Å². The molecule has 0 fully saturated rings. The van der Waals surface area contributed by atoms with Gasteiger partial charge in [0.05, 0.1) is 0 Å². The quantitative estimate of drug-likeness (QED) is 0.0261. The predicted molar refractivity (Wildman–Crippen MR) is 326 cm³/mol. The fourth-order valence-corrected chi connectivity index (χ4v) is 10.3. The fraction of sp³-hybridized carbons (Fsp3) is 0.899. The third-order valence-electron chi connectivity index (χ3n) is 15.4. The third-order valence-corrected chi connectivity index (χ3v) is 15.4. The highest BCUT2D eigenvalue weighted by Gasteiger charge is 2.19. The molecular weight excluding hydrogens is 925 g/mol. The first-order valence-electron chi connectivity index (χ1n) is 33.8. The Kier molecular flexibility index (Phi) is 62.6. The monoisotopic (exact) mass is 1050 g/mol. The molecule has 0 saturated carbocycles. The second-order valence-corrected chi connectivity index (χ2v) is 23.1. The predicted octanol–water partition coefficient (Wildman–Crippen LogP) is 23.0. The third kappa shape index (κ3) is 62.6. The number of unbranched alkanes of at least 4 members (excludes halogenated alkanes) is 48. The largest absolute Gasteiger partial charge is 0.462 e. The van der Waals surface area contributed by atoms with Gasteiger partial charge in [-0.25, -0.2) is 0 Å². The molecule has 0 heterocycles.